The van der Waals surface area contributed by atoms with E-state index >= 15 is 0 Å². The summed E-state index contributed by atoms with van der Waals surface area (Å²) in [6, 6.07) is 0. The number of unbranched alkanes of at least 4 members (excludes halogenated alkanes) is 3. The van der Waals surface area contributed by atoms with Gasteiger partial charge in [-0.15, -0.1) is 0 Å². The molecule has 0 aromatic heterocycles. The first-order valence-corrected chi connectivity index (χ1v) is 8.31. The summed E-state index contributed by atoms with van der Waals surface area (Å²) in [4.78, 5) is 11.5. The molecule has 0 bridgehead atoms. The SMILES string of the molecule is CSCCCCCCNC(=O)C(Br)C(C)C. The molecular weight excluding hydrogens is 286 g/mol. The Hall–Kier alpha value is 0.300. The molecule has 16 heavy (non-hydrogen) atoms. The number of carbonyl (C=O) groups excluding carboxylic acids is 1. The average Bonchev–Trinajstić information content (AvgIpc) is 2.26. The fourth-order valence-electron chi connectivity index (χ4n) is 1.34. The van der Waals surface area contributed by atoms with Crippen LogP contribution in [0.2, 0.25) is 0 Å². The molecule has 96 valence electrons. The third-order valence-electron chi connectivity index (χ3n) is 2.41. The number of nitrogens with one attached hydrogen (secondary N) is 1. The minimum atomic E-state index is -0.0519. The number of rotatable bonds is 9. The molecule has 0 heterocycles. The third kappa shape index (κ3) is 8.45. The molecule has 0 fully saturated rings. The molecular formula is C12H24BrNOS. The number of amides is 1. The molecule has 1 amide bonds. The maximum absolute atomic E-state index is 11.6. The lowest BCUT2D eigenvalue weighted by Crippen LogP contribution is -2.34. The number of thioether (sulfide) groups is 1. The van der Waals surface area contributed by atoms with Crippen LogP contribution < -0.4 is 5.32 Å². The Balaban J connectivity index is 3.34. The zero-order valence-corrected chi connectivity index (χ0v) is 13.0. The first kappa shape index (κ1) is 16.3. The van der Waals surface area contributed by atoms with Crippen LogP contribution in [0.3, 0.4) is 0 Å². The average molecular weight is 310 g/mol. The van der Waals surface area contributed by atoms with Gasteiger partial charge in [-0.05, 0) is 30.8 Å². The summed E-state index contributed by atoms with van der Waals surface area (Å²) in [5.74, 6) is 1.73. The van der Waals surface area contributed by atoms with E-state index < -0.39 is 0 Å². The summed E-state index contributed by atoms with van der Waals surface area (Å²) in [6.45, 7) is 4.90. The third-order valence-corrected chi connectivity index (χ3v) is 4.58. The molecule has 1 unspecified atom stereocenters. The minimum Gasteiger partial charge on any atom is -0.355 e. The molecule has 0 spiro atoms. The fourth-order valence-corrected chi connectivity index (χ4v) is 1.99. The molecule has 0 aromatic carbocycles. The fraction of sp³-hybridized carbons (Fsp3) is 0.917. The molecule has 1 N–H and O–H groups in total. The Morgan fingerprint density at radius 1 is 1.25 bits per heavy atom. The van der Waals surface area contributed by atoms with Gasteiger partial charge >= 0.3 is 0 Å². The van der Waals surface area contributed by atoms with Crippen molar-refractivity contribution >= 4 is 33.6 Å². The topological polar surface area (TPSA) is 29.1 Å². The van der Waals surface area contributed by atoms with Gasteiger partial charge in [0.05, 0.1) is 4.83 Å². The van der Waals surface area contributed by atoms with Crippen LogP contribution in [0, 0.1) is 5.92 Å². The van der Waals surface area contributed by atoms with Gasteiger partial charge in [0.2, 0.25) is 5.91 Å². The quantitative estimate of drug-likeness (QED) is 0.522. The van der Waals surface area contributed by atoms with Crippen LogP contribution in [0.15, 0.2) is 0 Å². The Morgan fingerprint density at radius 2 is 1.88 bits per heavy atom. The lowest BCUT2D eigenvalue weighted by molar-refractivity contribution is -0.121. The van der Waals surface area contributed by atoms with E-state index in [9.17, 15) is 4.79 Å². The number of carbonyl (C=O) groups is 1. The van der Waals surface area contributed by atoms with Crippen molar-refractivity contribution < 1.29 is 4.79 Å². The van der Waals surface area contributed by atoms with Crippen LogP contribution in [0.5, 0.6) is 0 Å². The highest BCUT2D eigenvalue weighted by atomic mass is 79.9. The second-order valence-corrected chi connectivity index (χ2v) is 6.32. The summed E-state index contributed by atoms with van der Waals surface area (Å²) in [5.41, 5.74) is 0. The largest absolute Gasteiger partial charge is 0.355 e. The summed E-state index contributed by atoms with van der Waals surface area (Å²) in [7, 11) is 0. The van der Waals surface area contributed by atoms with E-state index in [1.165, 1.54) is 25.0 Å². The number of hydrogen-bond donors (Lipinski definition) is 1. The van der Waals surface area contributed by atoms with Crippen LogP contribution >= 0.6 is 27.7 Å². The lowest BCUT2D eigenvalue weighted by Gasteiger charge is -2.13. The second-order valence-electron chi connectivity index (χ2n) is 4.34. The number of hydrogen-bond acceptors (Lipinski definition) is 2. The van der Waals surface area contributed by atoms with E-state index in [1.54, 1.807) is 0 Å². The molecule has 0 saturated carbocycles. The molecule has 4 heteroatoms. The maximum atomic E-state index is 11.6. The highest BCUT2D eigenvalue weighted by Gasteiger charge is 2.17. The van der Waals surface area contributed by atoms with E-state index in [2.05, 4.69) is 27.5 Å². The monoisotopic (exact) mass is 309 g/mol. The summed E-state index contributed by atoms with van der Waals surface area (Å²) < 4.78 is 0. The van der Waals surface area contributed by atoms with Crippen molar-refractivity contribution in [1.29, 1.82) is 0 Å². The molecule has 0 aromatic rings. The van der Waals surface area contributed by atoms with E-state index in [0.29, 0.717) is 5.92 Å². The van der Waals surface area contributed by atoms with Gasteiger partial charge in [0.15, 0.2) is 0 Å². The second kappa shape index (κ2) is 10.5. The molecule has 0 saturated heterocycles. The smallest absolute Gasteiger partial charge is 0.234 e. The summed E-state index contributed by atoms with van der Waals surface area (Å²) >= 11 is 5.30. The van der Waals surface area contributed by atoms with Crippen LogP contribution in [0.25, 0.3) is 0 Å². The molecule has 0 aliphatic heterocycles. The van der Waals surface area contributed by atoms with Crippen LogP contribution in [0.1, 0.15) is 39.5 Å². The highest BCUT2D eigenvalue weighted by molar-refractivity contribution is 9.10. The van der Waals surface area contributed by atoms with Crippen molar-refractivity contribution in [2.45, 2.75) is 44.4 Å². The van der Waals surface area contributed by atoms with Crippen LogP contribution in [-0.4, -0.2) is 29.3 Å². The number of alkyl halides is 1. The highest BCUT2D eigenvalue weighted by Crippen LogP contribution is 2.11. The van der Waals surface area contributed by atoms with Crippen molar-refractivity contribution in [1.82, 2.24) is 5.32 Å². The Bertz CT molecular complexity index is 188. The van der Waals surface area contributed by atoms with Crippen molar-refractivity contribution in [3.63, 3.8) is 0 Å². The van der Waals surface area contributed by atoms with Gasteiger partial charge in [-0.2, -0.15) is 11.8 Å². The summed E-state index contributed by atoms with van der Waals surface area (Å²) in [6.07, 6.45) is 7.02. The molecule has 0 rings (SSSR count). The van der Waals surface area contributed by atoms with E-state index in [-0.39, 0.29) is 10.7 Å². The maximum Gasteiger partial charge on any atom is 0.234 e. The predicted molar refractivity (Wildman–Crippen MR) is 77.4 cm³/mol. The van der Waals surface area contributed by atoms with Crippen molar-refractivity contribution in [2.24, 2.45) is 5.92 Å². The summed E-state index contributed by atoms with van der Waals surface area (Å²) in [5, 5.41) is 2.96. The van der Waals surface area contributed by atoms with Crippen molar-refractivity contribution in [2.75, 3.05) is 18.6 Å². The Kier molecular flexibility index (Phi) is 10.6. The first-order chi connectivity index (χ1) is 7.59. The van der Waals surface area contributed by atoms with Crippen molar-refractivity contribution in [3.8, 4) is 0 Å². The van der Waals surface area contributed by atoms with Gasteiger partial charge in [0.1, 0.15) is 0 Å². The van der Waals surface area contributed by atoms with Gasteiger partial charge < -0.3 is 5.32 Å². The molecule has 0 aliphatic rings. The van der Waals surface area contributed by atoms with E-state index in [4.69, 9.17) is 0 Å². The van der Waals surface area contributed by atoms with E-state index in [1.807, 2.05) is 25.6 Å². The van der Waals surface area contributed by atoms with Gasteiger partial charge in [-0.1, -0.05) is 42.6 Å². The minimum absolute atomic E-state index is 0.0519. The van der Waals surface area contributed by atoms with Gasteiger partial charge in [-0.25, -0.2) is 0 Å². The lowest BCUT2D eigenvalue weighted by atomic mass is 10.1. The van der Waals surface area contributed by atoms with Gasteiger partial charge in [0, 0.05) is 6.54 Å². The van der Waals surface area contributed by atoms with Crippen LogP contribution in [-0.2, 0) is 4.79 Å². The normalized spacial score (nSPS) is 12.8. The van der Waals surface area contributed by atoms with Gasteiger partial charge in [0.25, 0.3) is 0 Å². The first-order valence-electron chi connectivity index (χ1n) is 6.00. The Morgan fingerprint density at radius 3 is 2.44 bits per heavy atom. The van der Waals surface area contributed by atoms with Crippen LogP contribution in [0.4, 0.5) is 0 Å². The van der Waals surface area contributed by atoms with Crippen molar-refractivity contribution in [3.05, 3.63) is 0 Å². The molecule has 0 radical (unpaired) electrons. The predicted octanol–water partition coefficient (Wildman–Crippen LogP) is 3.45. The Labute approximate surface area is 112 Å². The standard InChI is InChI=1S/C12H24BrNOS/c1-10(2)11(13)12(15)14-8-6-4-5-7-9-16-3/h10-11H,4-9H2,1-3H3,(H,14,15). The zero-order valence-electron chi connectivity index (χ0n) is 10.6. The molecule has 1 atom stereocenters. The molecule has 0 aliphatic carbocycles. The van der Waals surface area contributed by atoms with Gasteiger partial charge in [-0.3, -0.25) is 4.79 Å². The number of halogens is 1. The molecule has 2 nitrogen and oxygen atoms in total. The van der Waals surface area contributed by atoms with E-state index in [0.717, 1.165) is 13.0 Å². The zero-order chi connectivity index (χ0) is 12.4.